The molecule has 2 aromatic carbocycles. The number of pyridine rings is 1. The Morgan fingerprint density at radius 2 is 1.93 bits per heavy atom. The topological polar surface area (TPSA) is 255 Å². The molecule has 436 valence electrons. The van der Waals surface area contributed by atoms with Gasteiger partial charge in [-0.15, -0.1) is 0 Å². The van der Waals surface area contributed by atoms with Gasteiger partial charge in [-0.1, -0.05) is 61.5 Å². The number of esters is 1. The average molecular weight is 1130 g/mol. The minimum atomic E-state index is -0.995. The van der Waals surface area contributed by atoms with Crippen LogP contribution >= 0.6 is 0 Å². The molecule has 4 fully saturated rings. The maximum atomic E-state index is 13.6. The number of aromatic amines is 1. The summed E-state index contributed by atoms with van der Waals surface area (Å²) in [4.78, 5) is 26.1. The highest BCUT2D eigenvalue weighted by atomic mass is 16.6. The van der Waals surface area contributed by atoms with Gasteiger partial charge < -0.3 is 70.6 Å². The number of dihydropyridines is 1. The summed E-state index contributed by atoms with van der Waals surface area (Å²) in [6.07, 6.45) is 23.8. The number of fused-ring (bicyclic) bond motifs is 13. The van der Waals surface area contributed by atoms with Gasteiger partial charge in [0.25, 0.3) is 0 Å². The van der Waals surface area contributed by atoms with E-state index in [0.717, 1.165) is 67.0 Å². The summed E-state index contributed by atoms with van der Waals surface area (Å²) >= 11 is 0. The smallest absolute Gasteiger partial charge is 0.302 e. The number of phenolic OH excluding ortho intramolecular Hbond substituents is 3. The van der Waals surface area contributed by atoms with Gasteiger partial charge in [0.2, 0.25) is 5.75 Å². The van der Waals surface area contributed by atoms with Crippen LogP contribution in [0.1, 0.15) is 119 Å². The number of nitrogens with two attached hydrogens (primary N) is 1. The number of rotatable bonds is 13. The van der Waals surface area contributed by atoms with Crippen LogP contribution in [0.5, 0.6) is 28.7 Å². The Hall–Kier alpha value is -7.59. The predicted octanol–water partition coefficient (Wildman–Crippen LogP) is 7.86. The van der Waals surface area contributed by atoms with Gasteiger partial charge in [0.15, 0.2) is 29.0 Å². The summed E-state index contributed by atoms with van der Waals surface area (Å²) in [5, 5.41) is 64.0. The molecule has 83 heavy (non-hydrogen) atoms. The van der Waals surface area contributed by atoms with E-state index in [-0.39, 0.29) is 59.8 Å². The summed E-state index contributed by atoms with van der Waals surface area (Å²) in [5.41, 5.74) is 10.1. The third-order valence-electron chi connectivity index (χ3n) is 19.3. The van der Waals surface area contributed by atoms with Crippen molar-refractivity contribution in [2.75, 3.05) is 19.7 Å². The van der Waals surface area contributed by atoms with Crippen LogP contribution in [0.4, 0.5) is 0 Å². The van der Waals surface area contributed by atoms with Gasteiger partial charge in [-0.3, -0.25) is 20.1 Å². The van der Waals surface area contributed by atoms with E-state index in [0.29, 0.717) is 74.7 Å². The summed E-state index contributed by atoms with van der Waals surface area (Å²) in [7, 11) is 0. The van der Waals surface area contributed by atoms with Crippen molar-refractivity contribution in [2.24, 2.45) is 39.8 Å². The quantitative estimate of drug-likeness (QED) is 0.0135. The second-order valence-corrected chi connectivity index (χ2v) is 24.3. The number of guanidine groups is 1. The zero-order chi connectivity index (χ0) is 56.8. The number of nitrogens with one attached hydrogen (secondary N) is 5. The molecule has 18 heteroatoms. The first-order valence-corrected chi connectivity index (χ1v) is 30.1. The van der Waals surface area contributed by atoms with Gasteiger partial charge in [-0.2, -0.15) is 0 Å². The summed E-state index contributed by atoms with van der Waals surface area (Å²) in [6.45, 7) is 2.85. The van der Waals surface area contributed by atoms with E-state index in [9.17, 15) is 25.2 Å². The van der Waals surface area contributed by atoms with Crippen molar-refractivity contribution >= 4 is 22.8 Å². The number of aromatic nitrogens is 3. The number of aliphatic hydroxyl groups is 1. The normalized spacial score (nSPS) is 30.8. The molecular weight excluding hydrogens is 1050 g/mol. The van der Waals surface area contributed by atoms with Crippen LogP contribution in [0, 0.1) is 40.9 Å². The number of aryl methyl sites for hydroxylation is 1. The first-order chi connectivity index (χ1) is 40.4. The molecule has 5 aromatic rings. The van der Waals surface area contributed by atoms with Crippen molar-refractivity contribution in [3.63, 3.8) is 0 Å². The number of nitrogens with zero attached hydrogens (tertiary/aromatic N) is 3. The molecule has 8 aliphatic rings. The average Bonchev–Trinajstić information content (AvgIpc) is 3.01. The maximum absolute atomic E-state index is 13.6. The Balaban J connectivity index is 0.915. The van der Waals surface area contributed by atoms with Gasteiger partial charge in [-0.25, -0.2) is 0 Å². The van der Waals surface area contributed by atoms with E-state index >= 15 is 0 Å². The summed E-state index contributed by atoms with van der Waals surface area (Å²) < 4.78 is 29.2. The Morgan fingerprint density at radius 1 is 1.04 bits per heavy atom. The van der Waals surface area contributed by atoms with Crippen LogP contribution in [-0.4, -0.2) is 103 Å². The molecule has 1 spiro atoms. The molecule has 11 N–H and O–H groups in total. The Bertz CT molecular complexity index is 3410. The number of H-pyrrole nitrogens is 1. The number of hydrogen-bond donors (Lipinski definition) is 10. The zero-order valence-electron chi connectivity index (χ0n) is 47.1. The lowest BCUT2D eigenvalue weighted by Gasteiger charge is -2.65. The van der Waals surface area contributed by atoms with Gasteiger partial charge in [0.1, 0.15) is 24.6 Å². The molecule has 3 aliphatic carbocycles. The third-order valence-corrected chi connectivity index (χ3v) is 19.3. The number of aromatic hydroxyl groups is 3. The van der Waals surface area contributed by atoms with Crippen LogP contribution in [0.2, 0.25) is 0 Å². The number of carbonyl (C=O) groups is 1. The van der Waals surface area contributed by atoms with Crippen molar-refractivity contribution in [1.82, 2.24) is 35.8 Å². The number of benzene rings is 2. The Kier molecular flexibility index (Phi) is 15.1. The fourth-order valence-electron chi connectivity index (χ4n) is 15.4. The molecule has 2 saturated carbocycles. The van der Waals surface area contributed by atoms with Crippen molar-refractivity contribution in [2.45, 2.75) is 152 Å². The van der Waals surface area contributed by atoms with Crippen molar-refractivity contribution in [1.29, 1.82) is 0 Å². The maximum Gasteiger partial charge on any atom is 0.302 e. The molecule has 2 bridgehead atoms. The molecule has 5 aliphatic heterocycles. The molecule has 0 unspecified atom stereocenters. The van der Waals surface area contributed by atoms with E-state index in [1.54, 1.807) is 24.5 Å². The van der Waals surface area contributed by atoms with Gasteiger partial charge >= 0.3 is 5.97 Å². The standard InChI is InChI=1S/C65H77N9O9/c1-38(75)81-55-35-54(43-33-52(77)59(78)57(34-43)80-29-22-40-9-6-25-67-36-40)83-60-46(55)16-14-42-15-17-48-53(82-56-31-41(30-47(42)60)13-18-51(56)76)12-5-23-65(48)64(62(79)71-44-10-3-2-4-11-44)24-19-50-45-21-28-68-49(45)37-74(50)61(64)72-63(73-65)70-26-7-8-39-20-27-69-58(66)32-39/h6,9,13-14,16,18,20-21,25,28,31-34,36-37,42,44,46-48,53-55,60-62,68-69,71,76-79H,2-5,7-8,10-12,19,22-24,26-27,29-30,35,66H2,1H3,(H2,70,72,73)/t42-,46-,47-,48-,53-,54+,55+,60-,61-,62-,64+,65+/m1/s1. The SMILES string of the molecule is CC(=O)O[C@H]1C[C@@H](c2cc(O)c(O)c(OCCc3cccnc3)c2)O[C@@H]2[C@@H]1C=C[C@@H]1C#C[C@@H]3[C@@H](CCC[C@]34NC(=NCCCC3=CCNC(N)=C3)N[C@@H]3n5cc6[nH]ccc6c5CC[C@@]34[C@@H](O)NC3CCCCC3)Oc3cc(ccc3O)C[C@@H]21. The molecule has 2 saturated heterocycles. The lowest BCUT2D eigenvalue weighted by Crippen LogP contribution is -2.81. The Labute approximate surface area is 484 Å². The van der Waals surface area contributed by atoms with Crippen LogP contribution < -0.4 is 36.5 Å². The highest BCUT2D eigenvalue weighted by Gasteiger charge is 2.69. The molecule has 0 radical (unpaired) electrons. The van der Waals surface area contributed by atoms with Crippen molar-refractivity contribution < 1.29 is 44.2 Å². The van der Waals surface area contributed by atoms with Gasteiger partial charge in [0.05, 0.1) is 47.0 Å². The number of aliphatic imine (C=N–C) groups is 1. The summed E-state index contributed by atoms with van der Waals surface area (Å²) in [6, 6.07) is 14.8. The number of allylic oxidation sites excluding steroid dienone is 3. The van der Waals surface area contributed by atoms with Crippen molar-refractivity contribution in [3.05, 3.63) is 131 Å². The second kappa shape index (κ2) is 22.9. The molecule has 8 heterocycles. The zero-order valence-corrected chi connectivity index (χ0v) is 47.1. The van der Waals surface area contributed by atoms with E-state index in [2.05, 4.69) is 78.1 Å². The third kappa shape index (κ3) is 10.4. The molecule has 0 amide bonds. The number of carbonyl (C=O) groups excluding carboxylic acids is 1. The fraction of sp³-hybridized carbons (Fsp3) is 0.492. The van der Waals surface area contributed by atoms with Gasteiger partial charge in [0, 0.05) is 92.5 Å². The minimum Gasteiger partial charge on any atom is -0.504 e. The van der Waals surface area contributed by atoms with Crippen molar-refractivity contribution in [3.8, 4) is 40.6 Å². The van der Waals surface area contributed by atoms with E-state index in [1.807, 2.05) is 36.5 Å². The lowest BCUT2D eigenvalue weighted by molar-refractivity contribution is -0.179. The van der Waals surface area contributed by atoms with Crippen LogP contribution in [0.3, 0.4) is 0 Å². The van der Waals surface area contributed by atoms with Crippen LogP contribution in [-0.2, 0) is 33.5 Å². The van der Waals surface area contributed by atoms with E-state index in [4.69, 9.17) is 29.7 Å². The molecule has 13 rings (SSSR count). The predicted molar refractivity (Wildman–Crippen MR) is 313 cm³/mol. The number of hydrogen-bond acceptors (Lipinski definition) is 14. The molecule has 18 nitrogen and oxygen atoms in total. The van der Waals surface area contributed by atoms with E-state index in [1.165, 1.54) is 30.7 Å². The van der Waals surface area contributed by atoms with Crippen LogP contribution in [0.25, 0.3) is 10.9 Å². The fourth-order valence-corrected chi connectivity index (χ4v) is 15.4. The number of aliphatic hydroxyl groups excluding tert-OH is 1. The highest BCUT2D eigenvalue weighted by Crippen LogP contribution is 2.60. The molecule has 12 atom stereocenters. The number of ether oxygens (including phenoxy) is 4. The first kappa shape index (κ1) is 54.6. The van der Waals surface area contributed by atoms with Crippen LogP contribution in [0.15, 0.2) is 114 Å². The largest absolute Gasteiger partial charge is 0.504 e. The second-order valence-electron chi connectivity index (χ2n) is 24.3. The lowest BCUT2D eigenvalue weighted by atomic mass is 9.51. The first-order valence-electron chi connectivity index (χ1n) is 30.1. The van der Waals surface area contributed by atoms with Gasteiger partial charge in [-0.05, 0) is 129 Å². The summed E-state index contributed by atoms with van der Waals surface area (Å²) in [5.74, 6) is 6.86. The Morgan fingerprint density at radius 3 is 2.77 bits per heavy atom. The minimum absolute atomic E-state index is 0.0177. The molecular formula is C65H77N9O9. The monoisotopic (exact) mass is 1130 g/mol. The molecule has 3 aromatic heterocycles. The number of phenols is 3. The highest BCUT2D eigenvalue weighted by molar-refractivity contribution is 5.85. The van der Waals surface area contributed by atoms with E-state index < -0.39 is 59.7 Å².